The van der Waals surface area contributed by atoms with E-state index in [0.717, 1.165) is 0 Å². The summed E-state index contributed by atoms with van der Waals surface area (Å²) in [6.45, 7) is -0.836. The fourth-order valence-electron chi connectivity index (χ4n) is 1.20. The summed E-state index contributed by atoms with van der Waals surface area (Å²) in [7, 11) is 0. The van der Waals surface area contributed by atoms with Crippen molar-refractivity contribution < 1.29 is 31.9 Å². The van der Waals surface area contributed by atoms with Gasteiger partial charge in [-0.25, -0.2) is 8.78 Å². The first-order valence-electron chi connectivity index (χ1n) is 5.18. The maximum absolute atomic E-state index is 12.3. The van der Waals surface area contributed by atoms with E-state index in [9.17, 15) is 31.5 Å². The van der Waals surface area contributed by atoms with Crippen LogP contribution in [0.25, 0.3) is 0 Å². The molecule has 0 saturated heterocycles. The molecule has 1 heterocycles. The van der Waals surface area contributed by atoms with Crippen molar-refractivity contribution in [2.24, 2.45) is 0 Å². The molecule has 0 bridgehead atoms. The number of hydrogen-bond acceptors (Lipinski definition) is 3. The highest BCUT2D eigenvalue weighted by atomic mass is 19.4. The van der Waals surface area contributed by atoms with Crippen LogP contribution in [0, 0.1) is 0 Å². The molecule has 20 heavy (non-hydrogen) atoms. The van der Waals surface area contributed by atoms with Gasteiger partial charge < -0.3 is 15.4 Å². The Labute approximate surface area is 108 Å². The number of nitrogens with one attached hydrogen (secondary N) is 2. The molecule has 0 spiro atoms. The van der Waals surface area contributed by atoms with Crippen LogP contribution in [-0.2, 0) is 6.18 Å². The molecule has 0 aliphatic heterocycles. The van der Waals surface area contributed by atoms with E-state index in [1.165, 1.54) is 4.98 Å². The van der Waals surface area contributed by atoms with Crippen LogP contribution in [0.2, 0.25) is 0 Å². The second-order valence-electron chi connectivity index (χ2n) is 3.72. The van der Waals surface area contributed by atoms with Crippen LogP contribution in [0.5, 0.6) is 0 Å². The van der Waals surface area contributed by atoms with Crippen molar-refractivity contribution in [3.63, 3.8) is 0 Å². The molecule has 1 aromatic heterocycles. The summed E-state index contributed by atoms with van der Waals surface area (Å²) < 4.78 is 60.7. The van der Waals surface area contributed by atoms with E-state index >= 15 is 0 Å². The zero-order valence-corrected chi connectivity index (χ0v) is 9.67. The summed E-state index contributed by atoms with van der Waals surface area (Å²) in [5.74, 6) is -1.17. The largest absolute Gasteiger partial charge is 0.431 e. The number of aliphatic hydroxyl groups is 1. The average molecular weight is 300 g/mol. The van der Waals surface area contributed by atoms with Gasteiger partial charge in [-0.15, -0.1) is 0 Å². The number of aromatic amines is 1. The summed E-state index contributed by atoms with van der Waals surface area (Å²) >= 11 is 0. The second kappa shape index (κ2) is 5.99. The fraction of sp³-hybridized carbons (Fsp3) is 0.400. The standard InChI is InChI=1S/C10H9F5N2O3/c11-7(12)5(18)3-16-8(19)4-1-2-6(10(13,14)15)17-9(4)20/h1-2,5,7,18H,3H2,(H,16,19)(H,17,20). The second-order valence-corrected chi connectivity index (χ2v) is 3.72. The first-order valence-corrected chi connectivity index (χ1v) is 5.18. The van der Waals surface area contributed by atoms with E-state index in [4.69, 9.17) is 5.11 Å². The van der Waals surface area contributed by atoms with Gasteiger partial charge in [0.25, 0.3) is 17.9 Å². The molecule has 10 heteroatoms. The maximum Gasteiger partial charge on any atom is 0.431 e. The zero-order chi connectivity index (χ0) is 15.5. The number of carbonyl (C=O) groups excluding carboxylic acids is 1. The molecule has 0 radical (unpaired) electrons. The van der Waals surface area contributed by atoms with Crippen molar-refractivity contribution in [2.75, 3.05) is 6.54 Å². The van der Waals surface area contributed by atoms with Gasteiger partial charge in [-0.3, -0.25) is 9.59 Å². The molecule has 1 amide bonds. The first-order chi connectivity index (χ1) is 9.12. The Morgan fingerprint density at radius 1 is 1.35 bits per heavy atom. The minimum absolute atomic E-state index is 0.472. The fourth-order valence-corrected chi connectivity index (χ4v) is 1.20. The van der Waals surface area contributed by atoms with Crippen LogP contribution in [-0.4, -0.2) is 35.1 Å². The van der Waals surface area contributed by atoms with Crippen LogP contribution in [0.4, 0.5) is 22.0 Å². The number of halogens is 5. The van der Waals surface area contributed by atoms with Gasteiger partial charge in [-0.2, -0.15) is 13.2 Å². The van der Waals surface area contributed by atoms with Gasteiger partial charge in [-0.1, -0.05) is 0 Å². The lowest BCUT2D eigenvalue weighted by atomic mass is 10.2. The number of alkyl halides is 5. The lowest BCUT2D eigenvalue weighted by Gasteiger charge is -2.11. The summed E-state index contributed by atoms with van der Waals surface area (Å²) in [5, 5.41) is 10.6. The highest BCUT2D eigenvalue weighted by Crippen LogP contribution is 2.26. The third-order valence-corrected chi connectivity index (χ3v) is 2.22. The van der Waals surface area contributed by atoms with Gasteiger partial charge in [-0.05, 0) is 12.1 Å². The third-order valence-electron chi connectivity index (χ3n) is 2.22. The smallest absolute Gasteiger partial charge is 0.385 e. The van der Waals surface area contributed by atoms with Gasteiger partial charge >= 0.3 is 6.18 Å². The number of H-pyrrole nitrogens is 1. The van der Waals surface area contributed by atoms with Crippen LogP contribution < -0.4 is 10.9 Å². The Bertz CT molecular complexity index is 540. The van der Waals surface area contributed by atoms with Crippen molar-refractivity contribution in [3.05, 3.63) is 33.7 Å². The lowest BCUT2D eigenvalue weighted by Crippen LogP contribution is -2.38. The van der Waals surface area contributed by atoms with E-state index < -0.39 is 48.0 Å². The van der Waals surface area contributed by atoms with Crippen LogP contribution in [0.3, 0.4) is 0 Å². The molecule has 5 nitrogen and oxygen atoms in total. The number of aromatic nitrogens is 1. The number of amides is 1. The predicted molar refractivity (Wildman–Crippen MR) is 56.4 cm³/mol. The Balaban J connectivity index is 2.83. The molecule has 0 fully saturated rings. The molecule has 3 N–H and O–H groups in total. The normalized spacial score (nSPS) is 13.3. The van der Waals surface area contributed by atoms with Gasteiger partial charge in [0.05, 0.1) is 0 Å². The Morgan fingerprint density at radius 3 is 2.40 bits per heavy atom. The summed E-state index contributed by atoms with van der Waals surface area (Å²) in [5.41, 5.74) is -3.34. The number of aliphatic hydroxyl groups excluding tert-OH is 1. The van der Waals surface area contributed by atoms with Crippen molar-refractivity contribution in [3.8, 4) is 0 Å². The molecule has 0 saturated carbocycles. The minimum Gasteiger partial charge on any atom is -0.385 e. The molecular formula is C10H9F5N2O3. The van der Waals surface area contributed by atoms with E-state index in [1.807, 2.05) is 5.32 Å². The Kier molecular flexibility index (Phi) is 4.82. The maximum atomic E-state index is 12.3. The predicted octanol–water partition coefficient (Wildman–Crippen LogP) is 0.749. The molecular weight excluding hydrogens is 291 g/mol. The van der Waals surface area contributed by atoms with Gasteiger partial charge in [0.1, 0.15) is 17.4 Å². The van der Waals surface area contributed by atoms with Crippen molar-refractivity contribution in [2.45, 2.75) is 18.7 Å². The quantitative estimate of drug-likeness (QED) is 0.718. The van der Waals surface area contributed by atoms with Gasteiger partial charge in [0, 0.05) is 6.54 Å². The highest BCUT2D eigenvalue weighted by Gasteiger charge is 2.32. The van der Waals surface area contributed by atoms with Crippen LogP contribution in [0.1, 0.15) is 16.1 Å². The zero-order valence-electron chi connectivity index (χ0n) is 9.67. The molecule has 112 valence electrons. The number of carbonyl (C=O) groups is 1. The summed E-state index contributed by atoms with van der Waals surface area (Å²) in [4.78, 5) is 24.1. The van der Waals surface area contributed by atoms with E-state index in [0.29, 0.717) is 12.1 Å². The van der Waals surface area contributed by atoms with E-state index in [1.54, 1.807) is 0 Å². The topological polar surface area (TPSA) is 82.2 Å². The number of rotatable bonds is 4. The van der Waals surface area contributed by atoms with Crippen LogP contribution in [0.15, 0.2) is 16.9 Å². The molecule has 1 rings (SSSR count). The molecule has 0 aliphatic carbocycles. The SMILES string of the molecule is O=C(NCC(O)C(F)F)c1ccc(C(F)(F)F)[nH]c1=O. The van der Waals surface area contributed by atoms with Crippen molar-refractivity contribution >= 4 is 5.91 Å². The molecule has 0 aliphatic rings. The molecule has 1 atom stereocenters. The summed E-state index contributed by atoms with van der Waals surface area (Å²) in [6, 6.07) is 1.09. The van der Waals surface area contributed by atoms with Gasteiger partial charge in [0.2, 0.25) is 0 Å². The monoisotopic (exact) mass is 300 g/mol. The minimum atomic E-state index is -4.78. The van der Waals surface area contributed by atoms with Gasteiger partial charge in [0.15, 0.2) is 0 Å². The van der Waals surface area contributed by atoms with E-state index in [-0.39, 0.29) is 0 Å². The molecule has 0 aromatic carbocycles. The Hall–Kier alpha value is -1.97. The number of hydrogen-bond donors (Lipinski definition) is 3. The van der Waals surface area contributed by atoms with Crippen molar-refractivity contribution in [1.29, 1.82) is 0 Å². The third kappa shape index (κ3) is 4.02. The van der Waals surface area contributed by atoms with Crippen LogP contribution >= 0.6 is 0 Å². The summed E-state index contributed by atoms with van der Waals surface area (Å²) in [6.07, 6.45) is -10.0. The molecule has 1 aromatic rings. The van der Waals surface area contributed by atoms with Crippen molar-refractivity contribution in [1.82, 2.24) is 10.3 Å². The lowest BCUT2D eigenvalue weighted by molar-refractivity contribution is -0.141. The first kappa shape index (κ1) is 16.1. The number of pyridine rings is 1. The average Bonchev–Trinajstić information content (AvgIpc) is 2.34. The van der Waals surface area contributed by atoms with E-state index in [2.05, 4.69) is 0 Å². The Morgan fingerprint density at radius 2 is 1.95 bits per heavy atom. The molecule has 1 unspecified atom stereocenters. The highest BCUT2D eigenvalue weighted by molar-refractivity contribution is 5.93.